The largest absolute Gasteiger partial charge is 0.508 e. The molecular formula is C28H38N4O6. The van der Waals surface area contributed by atoms with Crippen molar-refractivity contribution in [2.75, 3.05) is 31.6 Å². The molecule has 0 radical (unpaired) electrons. The molecule has 2 heterocycles. The number of amides is 2. The van der Waals surface area contributed by atoms with Gasteiger partial charge in [0.1, 0.15) is 29.8 Å². The van der Waals surface area contributed by atoms with E-state index >= 15 is 0 Å². The van der Waals surface area contributed by atoms with Crippen LogP contribution in [0.3, 0.4) is 0 Å². The molecule has 10 nitrogen and oxygen atoms in total. The molecule has 0 spiro atoms. The Kier molecular flexibility index (Phi) is 10.5. The molecule has 0 unspecified atom stereocenters. The number of ether oxygens (including phenoxy) is 2. The smallest absolute Gasteiger partial charge is 0.332 e. The Bertz CT molecular complexity index is 1050. The number of phenolic OH excluding ortho intramolecular Hbond substituents is 1. The van der Waals surface area contributed by atoms with Crippen LogP contribution in [-0.2, 0) is 30.3 Å². The fourth-order valence-electron chi connectivity index (χ4n) is 4.13. The van der Waals surface area contributed by atoms with E-state index in [1.165, 1.54) is 0 Å². The van der Waals surface area contributed by atoms with Gasteiger partial charge in [-0.3, -0.25) is 9.59 Å². The van der Waals surface area contributed by atoms with Crippen LogP contribution < -0.4 is 10.6 Å². The summed E-state index contributed by atoms with van der Waals surface area (Å²) in [7, 11) is 0. The van der Waals surface area contributed by atoms with E-state index in [4.69, 9.17) is 9.47 Å². The van der Waals surface area contributed by atoms with Crippen LogP contribution >= 0.6 is 0 Å². The molecule has 3 N–H and O–H groups in total. The van der Waals surface area contributed by atoms with Crippen molar-refractivity contribution >= 4 is 23.6 Å². The van der Waals surface area contributed by atoms with Gasteiger partial charge in [0.25, 0.3) is 0 Å². The fraction of sp³-hybridized carbons (Fsp3) is 0.500. The summed E-state index contributed by atoms with van der Waals surface area (Å²) in [6, 6.07) is 11.3. The molecule has 10 heteroatoms. The number of carbonyl (C=O) groups is 3. The highest BCUT2D eigenvalue weighted by Crippen LogP contribution is 2.18. The molecule has 1 saturated heterocycles. The van der Waals surface area contributed by atoms with Gasteiger partial charge in [0.05, 0.1) is 6.10 Å². The van der Waals surface area contributed by atoms with Gasteiger partial charge in [-0.15, -0.1) is 0 Å². The lowest BCUT2D eigenvalue weighted by atomic mass is 10.0. The number of likely N-dealkylation sites (tertiary alicyclic amines) is 1. The van der Waals surface area contributed by atoms with Gasteiger partial charge in [0.2, 0.25) is 11.8 Å². The summed E-state index contributed by atoms with van der Waals surface area (Å²) >= 11 is 0. The van der Waals surface area contributed by atoms with E-state index in [1.54, 1.807) is 56.1 Å². The maximum Gasteiger partial charge on any atom is 0.332 e. The molecule has 1 fully saturated rings. The predicted octanol–water partition coefficient (Wildman–Crippen LogP) is 2.67. The number of nitrogens with one attached hydrogen (secondary N) is 2. The third-order valence-electron chi connectivity index (χ3n) is 5.94. The highest BCUT2D eigenvalue weighted by Gasteiger charge is 2.30. The molecule has 2 amide bonds. The maximum atomic E-state index is 13.5. The SMILES string of the molecule is CC(C)(C)OC(=O)COC1CCN(C(=O)[C@H](Cc2ccc(O)cc2)NC(=O)CCNc2ccccn2)CC1. The van der Waals surface area contributed by atoms with Crippen molar-refractivity contribution in [1.29, 1.82) is 0 Å². The summed E-state index contributed by atoms with van der Waals surface area (Å²) in [6.45, 7) is 6.59. The molecular weight excluding hydrogens is 488 g/mol. The summed E-state index contributed by atoms with van der Waals surface area (Å²) in [6.07, 6.45) is 3.17. The van der Waals surface area contributed by atoms with E-state index in [2.05, 4.69) is 15.6 Å². The van der Waals surface area contributed by atoms with Gasteiger partial charge < -0.3 is 30.1 Å². The number of anilines is 1. The van der Waals surface area contributed by atoms with E-state index in [0.717, 1.165) is 5.56 Å². The first kappa shape index (κ1) is 28.9. The molecule has 1 aromatic carbocycles. The summed E-state index contributed by atoms with van der Waals surface area (Å²) in [5.41, 5.74) is 0.255. The number of hydrogen-bond donors (Lipinski definition) is 3. The van der Waals surface area contributed by atoms with E-state index in [-0.39, 0.29) is 36.7 Å². The Morgan fingerprint density at radius 3 is 2.45 bits per heavy atom. The number of piperidine rings is 1. The van der Waals surface area contributed by atoms with Gasteiger partial charge in [0.15, 0.2) is 0 Å². The third-order valence-corrected chi connectivity index (χ3v) is 5.94. The summed E-state index contributed by atoms with van der Waals surface area (Å²) in [4.78, 5) is 44.0. The van der Waals surface area contributed by atoms with E-state index < -0.39 is 17.6 Å². The molecule has 1 aliphatic rings. The lowest BCUT2D eigenvalue weighted by Gasteiger charge is -2.34. The number of esters is 1. The van der Waals surface area contributed by atoms with Crippen LogP contribution in [0.15, 0.2) is 48.7 Å². The van der Waals surface area contributed by atoms with Gasteiger partial charge in [-0.2, -0.15) is 0 Å². The van der Waals surface area contributed by atoms with Gasteiger partial charge in [-0.1, -0.05) is 18.2 Å². The van der Waals surface area contributed by atoms with Gasteiger partial charge in [-0.25, -0.2) is 9.78 Å². The van der Waals surface area contributed by atoms with Crippen molar-refractivity contribution in [3.8, 4) is 5.75 Å². The molecule has 1 atom stereocenters. The number of aromatic hydroxyl groups is 1. The fourth-order valence-corrected chi connectivity index (χ4v) is 4.13. The van der Waals surface area contributed by atoms with E-state index in [0.29, 0.717) is 44.7 Å². The highest BCUT2D eigenvalue weighted by atomic mass is 16.6. The van der Waals surface area contributed by atoms with Crippen molar-refractivity contribution in [2.24, 2.45) is 0 Å². The lowest BCUT2D eigenvalue weighted by molar-refractivity contribution is -0.163. The first-order chi connectivity index (χ1) is 18.1. The first-order valence-corrected chi connectivity index (χ1v) is 12.9. The molecule has 0 bridgehead atoms. The van der Waals surface area contributed by atoms with Crippen LogP contribution in [0.4, 0.5) is 5.82 Å². The minimum Gasteiger partial charge on any atom is -0.508 e. The quantitative estimate of drug-likeness (QED) is 0.381. The van der Waals surface area contributed by atoms with Crippen molar-refractivity contribution in [2.45, 2.75) is 64.2 Å². The Morgan fingerprint density at radius 2 is 1.82 bits per heavy atom. The zero-order chi connectivity index (χ0) is 27.5. The molecule has 0 saturated carbocycles. The average Bonchev–Trinajstić information content (AvgIpc) is 2.88. The summed E-state index contributed by atoms with van der Waals surface area (Å²) < 4.78 is 11.0. The van der Waals surface area contributed by atoms with Gasteiger partial charge in [-0.05, 0) is 63.4 Å². The van der Waals surface area contributed by atoms with Gasteiger partial charge in [0, 0.05) is 38.7 Å². The van der Waals surface area contributed by atoms with E-state index in [9.17, 15) is 19.5 Å². The minimum absolute atomic E-state index is 0.123. The molecule has 206 valence electrons. The number of hydrogen-bond acceptors (Lipinski definition) is 8. The number of rotatable bonds is 11. The third kappa shape index (κ3) is 10.0. The second-order valence-corrected chi connectivity index (χ2v) is 10.3. The standard InChI is InChI=1S/C28H38N4O6/c1-28(2,3)38-26(35)19-37-22-12-16-32(17-13-22)27(36)23(18-20-7-9-21(33)10-8-20)31-25(34)11-15-30-24-6-4-5-14-29-24/h4-10,14,22-23,33H,11-13,15-19H2,1-3H3,(H,29,30)(H,31,34)/t23-/m0/s1. The molecule has 38 heavy (non-hydrogen) atoms. The number of carbonyl (C=O) groups excluding carboxylic acids is 3. The Labute approximate surface area is 223 Å². The van der Waals surface area contributed by atoms with E-state index in [1.807, 2.05) is 18.2 Å². The van der Waals surface area contributed by atoms with Gasteiger partial charge >= 0.3 is 5.97 Å². The summed E-state index contributed by atoms with van der Waals surface area (Å²) in [5.74, 6) is -0.0236. The van der Waals surface area contributed by atoms with Crippen molar-refractivity contribution in [3.63, 3.8) is 0 Å². The Morgan fingerprint density at radius 1 is 1.11 bits per heavy atom. The normalized spacial score (nSPS) is 15.0. The van der Waals surface area contributed by atoms with Crippen LogP contribution in [0, 0.1) is 0 Å². The molecule has 1 aromatic heterocycles. The number of aromatic nitrogens is 1. The molecule has 3 rings (SSSR count). The van der Waals surface area contributed by atoms with Crippen LogP contribution in [0.1, 0.15) is 45.6 Å². The monoisotopic (exact) mass is 526 g/mol. The second kappa shape index (κ2) is 13.8. The predicted molar refractivity (Wildman–Crippen MR) is 142 cm³/mol. The van der Waals surface area contributed by atoms with Crippen molar-refractivity contribution in [1.82, 2.24) is 15.2 Å². The summed E-state index contributed by atoms with van der Waals surface area (Å²) in [5, 5.41) is 15.6. The van der Waals surface area contributed by atoms with Crippen LogP contribution in [0.5, 0.6) is 5.75 Å². The zero-order valence-electron chi connectivity index (χ0n) is 22.3. The second-order valence-electron chi connectivity index (χ2n) is 10.3. The average molecular weight is 527 g/mol. The molecule has 2 aromatic rings. The zero-order valence-corrected chi connectivity index (χ0v) is 22.3. The molecule has 0 aliphatic carbocycles. The number of nitrogens with zero attached hydrogens (tertiary/aromatic N) is 2. The number of phenols is 1. The van der Waals surface area contributed by atoms with Crippen molar-refractivity contribution < 1.29 is 29.0 Å². The topological polar surface area (TPSA) is 130 Å². The highest BCUT2D eigenvalue weighted by molar-refractivity contribution is 5.88. The number of pyridine rings is 1. The Balaban J connectivity index is 1.53. The Hall–Kier alpha value is -3.66. The maximum absolute atomic E-state index is 13.5. The minimum atomic E-state index is -0.749. The van der Waals surface area contributed by atoms with Crippen LogP contribution in [0.2, 0.25) is 0 Å². The molecule has 1 aliphatic heterocycles. The lowest BCUT2D eigenvalue weighted by Crippen LogP contribution is -2.52. The van der Waals surface area contributed by atoms with Crippen molar-refractivity contribution in [3.05, 3.63) is 54.2 Å². The van der Waals surface area contributed by atoms with Crippen LogP contribution in [0.25, 0.3) is 0 Å². The first-order valence-electron chi connectivity index (χ1n) is 12.9. The van der Waals surface area contributed by atoms with Crippen LogP contribution in [-0.4, -0.2) is 76.8 Å². The number of benzene rings is 1.